The van der Waals surface area contributed by atoms with E-state index in [0.29, 0.717) is 42.1 Å². The molecule has 2 heterocycles. The average molecular weight is 666 g/mol. The normalized spacial score (nSPS) is 14.9. The minimum Gasteiger partial charge on any atom is -0.491 e. The predicted molar refractivity (Wildman–Crippen MR) is 167 cm³/mol. The van der Waals surface area contributed by atoms with Gasteiger partial charge in [-0.25, -0.2) is 14.2 Å². The van der Waals surface area contributed by atoms with E-state index in [9.17, 15) is 14.0 Å². The van der Waals surface area contributed by atoms with E-state index in [0.717, 1.165) is 11.1 Å². The van der Waals surface area contributed by atoms with Crippen molar-refractivity contribution in [1.82, 2.24) is 4.57 Å². The summed E-state index contributed by atoms with van der Waals surface area (Å²) >= 11 is 4.81. The number of allylic oxidation sites excluding steroid dienone is 1. The Bertz CT molecular complexity index is 1880. The second-order valence-electron chi connectivity index (χ2n) is 10.1. The Morgan fingerprint density at radius 3 is 2.56 bits per heavy atom. The Hall–Kier alpha value is -4.02. The summed E-state index contributed by atoms with van der Waals surface area (Å²) in [7, 11) is 0. The summed E-state index contributed by atoms with van der Waals surface area (Å²) in [6.45, 7) is 7.81. The number of rotatable bonds is 9. The Balaban J connectivity index is 1.55. The molecule has 0 saturated carbocycles. The number of halogens is 2. The summed E-state index contributed by atoms with van der Waals surface area (Å²) in [6, 6.07) is 18.3. The zero-order valence-electron chi connectivity index (χ0n) is 24.1. The number of thiazole rings is 1. The van der Waals surface area contributed by atoms with Crippen LogP contribution in [-0.2, 0) is 16.1 Å². The molecule has 1 aromatic heterocycles. The minimum atomic E-state index is -0.777. The zero-order valence-corrected chi connectivity index (χ0v) is 26.5. The van der Waals surface area contributed by atoms with Crippen LogP contribution in [0.1, 0.15) is 50.4 Å². The number of aromatic nitrogens is 1. The highest BCUT2D eigenvalue weighted by Crippen LogP contribution is 2.36. The maximum atomic E-state index is 14.0. The van der Waals surface area contributed by atoms with E-state index in [2.05, 4.69) is 20.9 Å². The van der Waals surface area contributed by atoms with Crippen molar-refractivity contribution in [3.8, 4) is 11.5 Å². The van der Waals surface area contributed by atoms with Crippen LogP contribution in [0.5, 0.6) is 11.5 Å². The molecule has 0 amide bonds. The van der Waals surface area contributed by atoms with Crippen LogP contribution >= 0.6 is 27.3 Å². The van der Waals surface area contributed by atoms with Crippen molar-refractivity contribution in [2.24, 2.45) is 4.99 Å². The smallest absolute Gasteiger partial charge is 0.338 e. The first-order valence-electron chi connectivity index (χ1n) is 13.8. The number of esters is 1. The van der Waals surface area contributed by atoms with E-state index in [1.807, 2.05) is 56.3 Å². The quantitative estimate of drug-likeness (QED) is 0.203. The average Bonchev–Trinajstić information content (AvgIpc) is 3.26. The van der Waals surface area contributed by atoms with Crippen LogP contribution in [0.25, 0.3) is 6.08 Å². The number of para-hydroxylation sites is 1. The fourth-order valence-corrected chi connectivity index (χ4v) is 6.33. The molecule has 0 radical (unpaired) electrons. The maximum Gasteiger partial charge on any atom is 0.338 e. The standard InChI is InChI=1S/C33H30BrFN2O5S/c1-5-40-32(39)29-20(4)36-33-37(30(29)24-8-6-7-9-26(24)42-19(2)3)31(38)28(43-33)17-22-12-15-27(25(34)16-22)41-18-21-10-13-23(35)14-11-21/h6-17,19,30H,5,18H2,1-4H3/b28-17+/t30-/m0/s1. The van der Waals surface area contributed by atoms with Crippen molar-refractivity contribution < 1.29 is 23.4 Å². The summed E-state index contributed by atoms with van der Waals surface area (Å²) in [5, 5.41) is 0. The van der Waals surface area contributed by atoms with Crippen LogP contribution in [-0.4, -0.2) is 23.2 Å². The van der Waals surface area contributed by atoms with E-state index in [1.54, 1.807) is 36.6 Å². The van der Waals surface area contributed by atoms with Crippen LogP contribution in [0.3, 0.4) is 0 Å². The van der Waals surface area contributed by atoms with Gasteiger partial charge in [-0.15, -0.1) is 0 Å². The summed E-state index contributed by atoms with van der Waals surface area (Å²) in [5.74, 6) is 0.363. The molecule has 0 saturated heterocycles. The van der Waals surface area contributed by atoms with Crippen molar-refractivity contribution in [2.75, 3.05) is 6.61 Å². The van der Waals surface area contributed by atoms with Crippen LogP contribution in [0.15, 0.2) is 92.3 Å². The number of ether oxygens (including phenoxy) is 3. The molecule has 0 fully saturated rings. The van der Waals surface area contributed by atoms with E-state index < -0.39 is 12.0 Å². The van der Waals surface area contributed by atoms with E-state index >= 15 is 0 Å². The van der Waals surface area contributed by atoms with Gasteiger partial charge in [0.15, 0.2) is 4.80 Å². The van der Waals surface area contributed by atoms with E-state index in [1.165, 1.54) is 23.5 Å². The number of hydrogen-bond acceptors (Lipinski definition) is 7. The second-order valence-corrected chi connectivity index (χ2v) is 12.0. The van der Waals surface area contributed by atoms with Crippen molar-refractivity contribution in [1.29, 1.82) is 0 Å². The van der Waals surface area contributed by atoms with E-state index in [4.69, 9.17) is 14.2 Å². The molecule has 0 N–H and O–H groups in total. The van der Waals surface area contributed by atoms with Gasteiger partial charge in [0.1, 0.15) is 30.0 Å². The van der Waals surface area contributed by atoms with Gasteiger partial charge < -0.3 is 14.2 Å². The molecule has 0 aliphatic carbocycles. The third-order valence-electron chi connectivity index (χ3n) is 6.65. The Kier molecular flexibility index (Phi) is 9.27. The van der Waals surface area contributed by atoms with Crippen LogP contribution in [0, 0.1) is 5.82 Å². The second kappa shape index (κ2) is 13.1. The molecule has 0 bridgehead atoms. The lowest BCUT2D eigenvalue weighted by Gasteiger charge is -2.26. The van der Waals surface area contributed by atoms with Gasteiger partial charge in [-0.3, -0.25) is 9.36 Å². The molecule has 7 nitrogen and oxygen atoms in total. The highest BCUT2D eigenvalue weighted by atomic mass is 79.9. The van der Waals surface area contributed by atoms with Gasteiger partial charge in [0.2, 0.25) is 0 Å². The summed E-state index contributed by atoms with van der Waals surface area (Å²) in [4.78, 5) is 32.4. The van der Waals surface area contributed by atoms with Crippen molar-refractivity contribution in [3.63, 3.8) is 0 Å². The summed E-state index contributed by atoms with van der Waals surface area (Å²) in [5.41, 5.74) is 2.78. The monoisotopic (exact) mass is 664 g/mol. The summed E-state index contributed by atoms with van der Waals surface area (Å²) < 4.78 is 33.3. The molecule has 1 aliphatic rings. The molecule has 0 spiro atoms. The highest BCUT2D eigenvalue weighted by molar-refractivity contribution is 9.10. The molecule has 0 unspecified atom stereocenters. The number of hydrogen-bond donors (Lipinski definition) is 0. The van der Waals surface area contributed by atoms with Gasteiger partial charge in [-0.05, 0) is 91.2 Å². The number of nitrogens with zero attached hydrogens (tertiary/aromatic N) is 2. The molecule has 43 heavy (non-hydrogen) atoms. The molecule has 4 aromatic rings. The van der Waals surface area contributed by atoms with Gasteiger partial charge in [-0.2, -0.15) is 0 Å². The topological polar surface area (TPSA) is 79.1 Å². The number of carbonyl (C=O) groups is 1. The Labute approximate surface area is 260 Å². The Morgan fingerprint density at radius 1 is 1.12 bits per heavy atom. The Morgan fingerprint density at radius 2 is 1.86 bits per heavy atom. The number of fused-ring (bicyclic) bond motifs is 1. The third-order valence-corrected chi connectivity index (χ3v) is 8.26. The van der Waals surface area contributed by atoms with Crippen LogP contribution in [0.2, 0.25) is 0 Å². The van der Waals surface area contributed by atoms with Gasteiger partial charge in [-0.1, -0.05) is 47.7 Å². The fourth-order valence-electron chi connectivity index (χ4n) is 4.77. The first-order valence-corrected chi connectivity index (χ1v) is 15.4. The molecular formula is C33H30BrFN2O5S. The number of carbonyl (C=O) groups excluding carboxylic acids is 1. The van der Waals surface area contributed by atoms with Gasteiger partial charge in [0.25, 0.3) is 5.56 Å². The number of benzene rings is 3. The van der Waals surface area contributed by atoms with Crippen molar-refractivity contribution in [2.45, 2.75) is 46.4 Å². The lowest BCUT2D eigenvalue weighted by atomic mass is 9.95. The molecule has 222 valence electrons. The predicted octanol–water partition coefficient (Wildman–Crippen LogP) is 6.07. The zero-order chi connectivity index (χ0) is 30.7. The molecular weight excluding hydrogens is 635 g/mol. The minimum absolute atomic E-state index is 0.116. The molecule has 1 atom stereocenters. The molecule has 10 heteroatoms. The van der Waals surface area contributed by atoms with Crippen LogP contribution < -0.4 is 24.4 Å². The first kappa shape index (κ1) is 30.4. The summed E-state index contributed by atoms with van der Waals surface area (Å²) in [6.07, 6.45) is 1.67. The third kappa shape index (κ3) is 6.65. The lowest BCUT2D eigenvalue weighted by Crippen LogP contribution is -2.40. The first-order chi connectivity index (χ1) is 20.7. The fraction of sp³-hybridized carbons (Fsp3) is 0.242. The van der Waals surface area contributed by atoms with Crippen LogP contribution in [0.4, 0.5) is 4.39 Å². The lowest BCUT2D eigenvalue weighted by molar-refractivity contribution is -0.139. The molecule has 3 aromatic carbocycles. The van der Waals surface area contributed by atoms with Crippen molar-refractivity contribution in [3.05, 3.63) is 125 Å². The SMILES string of the molecule is CCOC(=O)C1=C(C)N=c2s/c(=C/c3ccc(OCc4ccc(F)cc4)c(Br)c3)c(=O)n2[C@H]1c1ccccc1OC(C)C. The largest absolute Gasteiger partial charge is 0.491 e. The van der Waals surface area contributed by atoms with Gasteiger partial charge in [0.05, 0.1) is 33.0 Å². The van der Waals surface area contributed by atoms with E-state index in [-0.39, 0.29) is 30.7 Å². The van der Waals surface area contributed by atoms with Gasteiger partial charge >= 0.3 is 5.97 Å². The maximum absolute atomic E-state index is 14.0. The molecule has 5 rings (SSSR count). The highest BCUT2D eigenvalue weighted by Gasteiger charge is 2.35. The van der Waals surface area contributed by atoms with Crippen molar-refractivity contribution >= 4 is 39.3 Å². The van der Waals surface area contributed by atoms with Gasteiger partial charge in [0, 0.05) is 5.56 Å². The molecule has 1 aliphatic heterocycles.